The molecule has 2 aliphatic rings. The highest BCUT2D eigenvalue weighted by atomic mass is 16.5. The van der Waals surface area contributed by atoms with Gasteiger partial charge in [-0.05, 0) is 36.2 Å². The Labute approximate surface area is 159 Å². The van der Waals surface area contributed by atoms with E-state index in [1.807, 2.05) is 64.4 Å². The minimum Gasteiger partial charge on any atom is -0.497 e. The van der Waals surface area contributed by atoms with Crippen LogP contribution in [0.3, 0.4) is 0 Å². The summed E-state index contributed by atoms with van der Waals surface area (Å²) in [6, 6.07) is 17.4. The molecule has 2 aromatic carbocycles. The van der Waals surface area contributed by atoms with Crippen molar-refractivity contribution >= 4 is 17.5 Å². The second kappa shape index (κ2) is 7.06. The van der Waals surface area contributed by atoms with E-state index in [4.69, 9.17) is 4.74 Å². The Morgan fingerprint density at radius 3 is 2.52 bits per heavy atom. The van der Waals surface area contributed by atoms with E-state index < -0.39 is 0 Å². The van der Waals surface area contributed by atoms with Crippen LogP contribution in [0.2, 0.25) is 0 Å². The number of ether oxygens (including phenoxy) is 1. The van der Waals surface area contributed by atoms with E-state index in [1.165, 1.54) is 0 Å². The van der Waals surface area contributed by atoms with Crippen LogP contribution in [0.15, 0.2) is 54.6 Å². The summed E-state index contributed by atoms with van der Waals surface area (Å²) < 4.78 is 5.19. The lowest BCUT2D eigenvalue weighted by Gasteiger charge is -2.24. The molecule has 4 rings (SSSR count). The first-order valence-electron chi connectivity index (χ1n) is 9.35. The third-order valence-corrected chi connectivity index (χ3v) is 5.69. The van der Waals surface area contributed by atoms with Gasteiger partial charge in [0.15, 0.2) is 0 Å². The minimum absolute atomic E-state index is 0.122. The van der Waals surface area contributed by atoms with Crippen molar-refractivity contribution < 1.29 is 14.3 Å². The molecule has 0 bridgehead atoms. The lowest BCUT2D eigenvalue weighted by atomic mass is 9.86. The molecule has 27 heavy (non-hydrogen) atoms. The van der Waals surface area contributed by atoms with Gasteiger partial charge in [-0.3, -0.25) is 9.59 Å². The molecule has 0 N–H and O–H groups in total. The number of carbonyl (C=O) groups excluding carboxylic acids is 2. The topological polar surface area (TPSA) is 49.9 Å². The van der Waals surface area contributed by atoms with Crippen molar-refractivity contribution in [3.63, 3.8) is 0 Å². The number of benzene rings is 2. The van der Waals surface area contributed by atoms with Gasteiger partial charge in [0.1, 0.15) is 5.75 Å². The van der Waals surface area contributed by atoms with Crippen LogP contribution in [0, 0.1) is 5.41 Å². The molecule has 0 aliphatic carbocycles. The number of nitrogens with zero attached hydrogens (tertiary/aromatic N) is 2. The summed E-state index contributed by atoms with van der Waals surface area (Å²) in [5.41, 5.74) is 1.81. The number of amides is 2. The molecular weight excluding hydrogens is 340 g/mol. The molecule has 1 unspecified atom stereocenters. The quantitative estimate of drug-likeness (QED) is 0.838. The van der Waals surface area contributed by atoms with Gasteiger partial charge in [-0.15, -0.1) is 0 Å². The molecule has 2 fully saturated rings. The summed E-state index contributed by atoms with van der Waals surface area (Å²) in [5.74, 6) is 1.06. The summed E-state index contributed by atoms with van der Waals surface area (Å²) in [7, 11) is 1.63. The van der Waals surface area contributed by atoms with Gasteiger partial charge in [0.05, 0.1) is 13.5 Å². The Morgan fingerprint density at radius 2 is 1.81 bits per heavy atom. The van der Waals surface area contributed by atoms with Crippen LogP contribution in [0.1, 0.15) is 18.4 Å². The predicted molar refractivity (Wildman–Crippen MR) is 104 cm³/mol. The lowest BCUT2D eigenvalue weighted by Crippen LogP contribution is -2.34. The molecule has 1 spiro atoms. The van der Waals surface area contributed by atoms with Crippen LogP contribution in [-0.4, -0.2) is 43.5 Å². The molecule has 5 heteroatoms. The minimum atomic E-state index is -0.122. The van der Waals surface area contributed by atoms with Crippen LogP contribution in [0.25, 0.3) is 0 Å². The molecule has 2 heterocycles. The Bertz CT molecular complexity index is 834. The highest BCUT2D eigenvalue weighted by Gasteiger charge is 2.48. The molecule has 1 atom stereocenters. The summed E-state index contributed by atoms with van der Waals surface area (Å²) in [6.45, 7) is 2.07. The summed E-state index contributed by atoms with van der Waals surface area (Å²) in [6.07, 6.45) is 1.81. The monoisotopic (exact) mass is 364 g/mol. The average molecular weight is 364 g/mol. The van der Waals surface area contributed by atoms with Crippen LogP contribution in [0.4, 0.5) is 5.69 Å². The average Bonchev–Trinajstić information content (AvgIpc) is 3.25. The molecule has 0 radical (unpaired) electrons. The van der Waals surface area contributed by atoms with Crippen molar-refractivity contribution in [2.45, 2.75) is 19.3 Å². The maximum atomic E-state index is 12.7. The maximum absolute atomic E-state index is 12.7. The molecule has 140 valence electrons. The predicted octanol–water partition coefficient (Wildman–Crippen LogP) is 2.89. The largest absolute Gasteiger partial charge is 0.497 e. The number of anilines is 1. The molecule has 2 amide bonds. The summed E-state index contributed by atoms with van der Waals surface area (Å²) in [4.78, 5) is 29.1. The van der Waals surface area contributed by atoms with E-state index in [9.17, 15) is 9.59 Å². The second-order valence-corrected chi connectivity index (χ2v) is 7.58. The van der Waals surface area contributed by atoms with Gasteiger partial charge in [0.2, 0.25) is 11.8 Å². The summed E-state index contributed by atoms with van der Waals surface area (Å²) in [5, 5.41) is 0. The highest BCUT2D eigenvalue weighted by Crippen LogP contribution is 2.42. The van der Waals surface area contributed by atoms with E-state index in [0.717, 1.165) is 30.0 Å². The zero-order chi connectivity index (χ0) is 18.9. The summed E-state index contributed by atoms with van der Waals surface area (Å²) >= 11 is 0. The smallest absolute Gasteiger partial charge is 0.227 e. The van der Waals surface area contributed by atoms with E-state index in [-0.39, 0.29) is 17.2 Å². The first kappa shape index (κ1) is 17.6. The van der Waals surface area contributed by atoms with Gasteiger partial charge in [0.25, 0.3) is 0 Å². The van der Waals surface area contributed by atoms with Crippen molar-refractivity contribution in [3.05, 3.63) is 60.2 Å². The molecule has 0 aromatic heterocycles. The second-order valence-electron chi connectivity index (χ2n) is 7.58. The number of hydrogen-bond acceptors (Lipinski definition) is 3. The molecule has 0 saturated carbocycles. The van der Waals surface area contributed by atoms with E-state index >= 15 is 0 Å². The van der Waals surface area contributed by atoms with Gasteiger partial charge in [-0.2, -0.15) is 0 Å². The molecule has 2 aromatic rings. The van der Waals surface area contributed by atoms with Crippen molar-refractivity contribution in [1.29, 1.82) is 0 Å². The first-order valence-corrected chi connectivity index (χ1v) is 9.35. The number of likely N-dealkylation sites (tertiary alicyclic amines) is 1. The zero-order valence-corrected chi connectivity index (χ0v) is 15.6. The molecule has 5 nitrogen and oxygen atoms in total. The first-order chi connectivity index (χ1) is 13.1. The van der Waals surface area contributed by atoms with Crippen LogP contribution < -0.4 is 9.64 Å². The fourth-order valence-electron chi connectivity index (χ4n) is 4.20. The normalized spacial score (nSPS) is 21.9. The van der Waals surface area contributed by atoms with Gasteiger partial charge < -0.3 is 14.5 Å². The van der Waals surface area contributed by atoms with E-state index in [1.54, 1.807) is 7.11 Å². The number of hydrogen-bond donors (Lipinski definition) is 0. The Kier molecular flexibility index (Phi) is 4.60. The van der Waals surface area contributed by atoms with Crippen LogP contribution >= 0.6 is 0 Å². The molecular formula is C22H24N2O3. The molecule has 2 aliphatic heterocycles. The highest BCUT2D eigenvalue weighted by molar-refractivity contribution is 5.96. The van der Waals surface area contributed by atoms with Crippen LogP contribution in [-0.2, 0) is 16.0 Å². The van der Waals surface area contributed by atoms with Gasteiger partial charge >= 0.3 is 0 Å². The van der Waals surface area contributed by atoms with Gasteiger partial charge in [0, 0.05) is 37.2 Å². The van der Waals surface area contributed by atoms with Crippen molar-refractivity contribution in [1.82, 2.24) is 4.90 Å². The SMILES string of the molecule is COc1ccc(N2CC3(CCN(C(=O)Cc4ccccc4)C3)CC2=O)cc1. The van der Waals surface area contributed by atoms with Crippen molar-refractivity contribution in [2.75, 3.05) is 31.6 Å². The third kappa shape index (κ3) is 3.54. The van der Waals surface area contributed by atoms with E-state index in [2.05, 4.69) is 0 Å². The fourth-order valence-corrected chi connectivity index (χ4v) is 4.20. The Hall–Kier alpha value is -2.82. The van der Waals surface area contributed by atoms with Gasteiger partial charge in [-0.25, -0.2) is 0 Å². The number of methoxy groups -OCH3 is 1. The van der Waals surface area contributed by atoms with E-state index in [0.29, 0.717) is 25.9 Å². The van der Waals surface area contributed by atoms with Gasteiger partial charge in [-0.1, -0.05) is 30.3 Å². The van der Waals surface area contributed by atoms with Crippen molar-refractivity contribution in [2.24, 2.45) is 5.41 Å². The van der Waals surface area contributed by atoms with Crippen molar-refractivity contribution in [3.8, 4) is 5.75 Å². The zero-order valence-electron chi connectivity index (χ0n) is 15.6. The lowest BCUT2D eigenvalue weighted by molar-refractivity contribution is -0.130. The van der Waals surface area contributed by atoms with Crippen LogP contribution in [0.5, 0.6) is 5.75 Å². The standard InChI is InChI=1S/C22H24N2O3/c1-27-19-9-7-18(8-10-19)24-16-22(14-21(24)26)11-12-23(15-22)20(25)13-17-5-3-2-4-6-17/h2-10H,11-16H2,1H3. The Balaban J connectivity index is 1.42. The maximum Gasteiger partial charge on any atom is 0.227 e. The Morgan fingerprint density at radius 1 is 1.07 bits per heavy atom. The number of carbonyl (C=O) groups is 2. The third-order valence-electron chi connectivity index (χ3n) is 5.69. The fraction of sp³-hybridized carbons (Fsp3) is 0.364. The molecule has 2 saturated heterocycles. The number of rotatable bonds is 4.